The molecule has 1 aromatic heterocycles. The Morgan fingerprint density at radius 2 is 2.00 bits per heavy atom. The Labute approximate surface area is 132 Å². The highest BCUT2D eigenvalue weighted by atomic mass is 32.1. The fourth-order valence-electron chi connectivity index (χ4n) is 2.59. The number of aromatic nitrogens is 2. The maximum absolute atomic E-state index is 4.35. The van der Waals surface area contributed by atoms with Crippen molar-refractivity contribution in [1.29, 1.82) is 0 Å². The van der Waals surface area contributed by atoms with Crippen molar-refractivity contribution in [3.8, 4) is 0 Å². The molecule has 0 amide bonds. The third-order valence-corrected chi connectivity index (χ3v) is 4.49. The molecule has 2 rings (SSSR count). The van der Waals surface area contributed by atoms with Gasteiger partial charge in [0, 0.05) is 0 Å². The highest BCUT2D eigenvalue weighted by molar-refractivity contribution is 7.05. The van der Waals surface area contributed by atoms with Gasteiger partial charge in [0.05, 0.1) is 16.6 Å². The third-order valence-electron chi connectivity index (χ3n) is 3.68. The molecule has 0 aliphatic carbocycles. The van der Waals surface area contributed by atoms with Crippen LogP contribution < -0.4 is 5.32 Å². The normalized spacial score (nSPS) is 12.9. The zero-order valence-electron chi connectivity index (χ0n) is 13.6. The lowest BCUT2D eigenvalue weighted by Gasteiger charge is -2.21. The van der Waals surface area contributed by atoms with Gasteiger partial charge in [-0.1, -0.05) is 49.0 Å². The summed E-state index contributed by atoms with van der Waals surface area (Å²) >= 11 is 1.52. The Morgan fingerprint density at radius 1 is 1.24 bits per heavy atom. The van der Waals surface area contributed by atoms with E-state index in [4.69, 9.17) is 0 Å². The van der Waals surface area contributed by atoms with Crippen LogP contribution in [0.1, 0.15) is 66.4 Å². The lowest BCUT2D eigenvalue weighted by Crippen LogP contribution is -2.24. The first kappa shape index (κ1) is 16.1. The number of nitrogens with zero attached hydrogens (tertiary/aromatic N) is 2. The number of hydrogen-bond acceptors (Lipinski definition) is 4. The summed E-state index contributed by atoms with van der Waals surface area (Å²) < 4.78 is 4.20. The second-order valence-corrected chi connectivity index (χ2v) is 6.71. The fourth-order valence-corrected chi connectivity index (χ4v) is 3.49. The molecule has 0 aliphatic rings. The summed E-state index contributed by atoms with van der Waals surface area (Å²) in [4.78, 5) is 1.26. The van der Waals surface area contributed by atoms with Gasteiger partial charge in [0.2, 0.25) is 0 Å². The molecule has 1 aromatic carbocycles. The summed E-state index contributed by atoms with van der Waals surface area (Å²) in [6.45, 7) is 11.9. The van der Waals surface area contributed by atoms with E-state index >= 15 is 0 Å². The van der Waals surface area contributed by atoms with Gasteiger partial charge in [-0.2, -0.15) is 0 Å². The molecule has 0 bridgehead atoms. The van der Waals surface area contributed by atoms with Crippen molar-refractivity contribution in [2.45, 2.75) is 53.0 Å². The molecular formula is C17H25N3S. The second-order valence-electron chi connectivity index (χ2n) is 5.92. The molecule has 21 heavy (non-hydrogen) atoms. The van der Waals surface area contributed by atoms with E-state index < -0.39 is 0 Å². The van der Waals surface area contributed by atoms with Crippen molar-refractivity contribution in [2.75, 3.05) is 6.54 Å². The van der Waals surface area contributed by atoms with Gasteiger partial charge >= 0.3 is 0 Å². The Kier molecular flexibility index (Phi) is 5.48. The number of hydrogen-bond donors (Lipinski definition) is 1. The standard InChI is InChI=1S/C17H25N3S/c1-6-9-18-16(14-8-7-12(4)10-13(14)5)17-15(11(2)3)19-20-21-17/h7-8,10-11,16,18H,6,9H2,1-5H3. The van der Waals surface area contributed by atoms with Crippen molar-refractivity contribution in [3.63, 3.8) is 0 Å². The van der Waals surface area contributed by atoms with Crippen LogP contribution in [0.15, 0.2) is 18.2 Å². The van der Waals surface area contributed by atoms with Crippen LogP contribution in [-0.4, -0.2) is 16.1 Å². The van der Waals surface area contributed by atoms with Gasteiger partial charge in [0.25, 0.3) is 0 Å². The first-order valence-corrected chi connectivity index (χ1v) is 8.44. The highest BCUT2D eigenvalue weighted by Crippen LogP contribution is 2.32. The number of rotatable bonds is 6. The molecule has 0 radical (unpaired) electrons. The van der Waals surface area contributed by atoms with Crippen molar-refractivity contribution >= 4 is 11.5 Å². The molecule has 0 aliphatic heterocycles. The van der Waals surface area contributed by atoms with Crippen LogP contribution in [0.25, 0.3) is 0 Å². The summed E-state index contributed by atoms with van der Waals surface area (Å²) in [5, 5.41) is 8.02. The average Bonchev–Trinajstić information content (AvgIpc) is 2.90. The van der Waals surface area contributed by atoms with Crippen LogP contribution in [0.4, 0.5) is 0 Å². The van der Waals surface area contributed by atoms with Crippen LogP contribution in [0.5, 0.6) is 0 Å². The SMILES string of the molecule is CCCNC(c1ccc(C)cc1C)c1snnc1C(C)C. The summed E-state index contributed by atoms with van der Waals surface area (Å²) in [7, 11) is 0. The van der Waals surface area contributed by atoms with Gasteiger partial charge in [0.1, 0.15) is 0 Å². The zero-order chi connectivity index (χ0) is 15.4. The summed E-state index contributed by atoms with van der Waals surface area (Å²) in [6.07, 6.45) is 1.12. The Morgan fingerprint density at radius 3 is 2.62 bits per heavy atom. The highest BCUT2D eigenvalue weighted by Gasteiger charge is 2.23. The topological polar surface area (TPSA) is 37.8 Å². The van der Waals surface area contributed by atoms with Crippen molar-refractivity contribution < 1.29 is 0 Å². The molecule has 3 nitrogen and oxygen atoms in total. The lowest BCUT2D eigenvalue weighted by molar-refractivity contribution is 0.594. The van der Waals surface area contributed by atoms with E-state index in [1.54, 1.807) is 0 Å². The Balaban J connectivity index is 2.44. The molecule has 1 atom stereocenters. The van der Waals surface area contributed by atoms with Crippen molar-refractivity contribution in [2.24, 2.45) is 0 Å². The van der Waals surface area contributed by atoms with Gasteiger partial charge in [0.15, 0.2) is 0 Å². The molecule has 0 fully saturated rings. The van der Waals surface area contributed by atoms with Gasteiger partial charge in [-0.05, 0) is 55.4 Å². The lowest BCUT2D eigenvalue weighted by atomic mass is 9.95. The van der Waals surface area contributed by atoms with Crippen LogP contribution in [0.2, 0.25) is 0 Å². The maximum atomic E-state index is 4.35. The van der Waals surface area contributed by atoms with Gasteiger partial charge in [-0.3, -0.25) is 0 Å². The smallest absolute Gasteiger partial charge is 0.0832 e. The van der Waals surface area contributed by atoms with Crippen LogP contribution >= 0.6 is 11.5 Å². The Hall–Kier alpha value is -1.26. The van der Waals surface area contributed by atoms with E-state index in [2.05, 4.69) is 67.7 Å². The van der Waals surface area contributed by atoms with E-state index in [1.807, 2.05) is 0 Å². The first-order chi connectivity index (χ1) is 10.0. The second kappa shape index (κ2) is 7.14. The van der Waals surface area contributed by atoms with Crippen LogP contribution in [0.3, 0.4) is 0 Å². The molecule has 1 N–H and O–H groups in total. The average molecular weight is 303 g/mol. The van der Waals surface area contributed by atoms with E-state index in [9.17, 15) is 0 Å². The third kappa shape index (κ3) is 3.69. The quantitative estimate of drug-likeness (QED) is 0.861. The number of benzene rings is 1. The van der Waals surface area contributed by atoms with E-state index in [0.717, 1.165) is 18.7 Å². The zero-order valence-corrected chi connectivity index (χ0v) is 14.4. The predicted molar refractivity (Wildman–Crippen MR) is 90.1 cm³/mol. The van der Waals surface area contributed by atoms with E-state index in [1.165, 1.54) is 33.1 Å². The minimum absolute atomic E-state index is 0.197. The molecule has 4 heteroatoms. The minimum Gasteiger partial charge on any atom is -0.305 e. The first-order valence-electron chi connectivity index (χ1n) is 7.67. The van der Waals surface area contributed by atoms with E-state index in [0.29, 0.717) is 5.92 Å². The van der Waals surface area contributed by atoms with Crippen LogP contribution in [0, 0.1) is 13.8 Å². The molecule has 0 saturated carbocycles. The molecule has 0 spiro atoms. The molecule has 1 heterocycles. The molecule has 0 saturated heterocycles. The minimum atomic E-state index is 0.197. The predicted octanol–water partition coefficient (Wildman–Crippen LogP) is 4.37. The van der Waals surface area contributed by atoms with E-state index in [-0.39, 0.29) is 6.04 Å². The van der Waals surface area contributed by atoms with Crippen LogP contribution in [-0.2, 0) is 0 Å². The number of nitrogens with one attached hydrogen (secondary N) is 1. The molecule has 114 valence electrons. The van der Waals surface area contributed by atoms with Crippen molar-refractivity contribution in [1.82, 2.24) is 14.9 Å². The summed E-state index contributed by atoms with van der Waals surface area (Å²) in [5.74, 6) is 0.399. The van der Waals surface area contributed by atoms with Gasteiger partial charge < -0.3 is 5.32 Å². The largest absolute Gasteiger partial charge is 0.305 e. The van der Waals surface area contributed by atoms with Crippen molar-refractivity contribution in [3.05, 3.63) is 45.5 Å². The summed E-state index contributed by atoms with van der Waals surface area (Å²) in [5.41, 5.74) is 5.08. The fraction of sp³-hybridized carbons (Fsp3) is 0.529. The van der Waals surface area contributed by atoms with Gasteiger partial charge in [-0.15, -0.1) is 5.10 Å². The summed E-state index contributed by atoms with van der Waals surface area (Å²) in [6, 6.07) is 6.87. The number of aryl methyl sites for hydroxylation is 2. The Bertz CT molecular complexity index is 589. The maximum Gasteiger partial charge on any atom is 0.0832 e. The molecular weight excluding hydrogens is 278 g/mol. The molecule has 1 unspecified atom stereocenters. The monoisotopic (exact) mass is 303 g/mol. The molecule has 2 aromatic rings. The van der Waals surface area contributed by atoms with Gasteiger partial charge in [-0.25, -0.2) is 0 Å².